The SMILES string of the molecule is O=C1CCCC1C1CCCN1S(=O)(=O)c1cccs1. The molecule has 2 heterocycles. The molecule has 6 heteroatoms. The Morgan fingerprint density at radius 1 is 1.26 bits per heavy atom. The molecule has 0 radical (unpaired) electrons. The van der Waals surface area contributed by atoms with Crippen molar-refractivity contribution < 1.29 is 13.2 Å². The highest BCUT2D eigenvalue weighted by Gasteiger charge is 2.43. The molecule has 104 valence electrons. The van der Waals surface area contributed by atoms with Gasteiger partial charge < -0.3 is 0 Å². The number of nitrogens with zero attached hydrogens (tertiary/aromatic N) is 1. The highest BCUT2D eigenvalue weighted by molar-refractivity contribution is 7.91. The molecule has 0 spiro atoms. The number of sulfonamides is 1. The van der Waals surface area contributed by atoms with Crippen LogP contribution in [-0.4, -0.2) is 31.1 Å². The lowest BCUT2D eigenvalue weighted by molar-refractivity contribution is -0.121. The Balaban J connectivity index is 1.89. The fourth-order valence-corrected chi connectivity index (χ4v) is 6.09. The summed E-state index contributed by atoms with van der Waals surface area (Å²) < 4.78 is 27.2. The summed E-state index contributed by atoms with van der Waals surface area (Å²) in [6, 6.07) is 3.29. The van der Waals surface area contributed by atoms with Gasteiger partial charge in [0.15, 0.2) is 0 Å². The fraction of sp³-hybridized carbons (Fsp3) is 0.615. The molecule has 2 aliphatic rings. The molecule has 1 aliphatic heterocycles. The van der Waals surface area contributed by atoms with Crippen molar-refractivity contribution in [3.8, 4) is 0 Å². The number of ketones is 1. The summed E-state index contributed by atoms with van der Waals surface area (Å²) in [4.78, 5) is 11.9. The second-order valence-corrected chi connectivity index (χ2v) is 8.29. The van der Waals surface area contributed by atoms with Gasteiger partial charge in [-0.25, -0.2) is 8.42 Å². The van der Waals surface area contributed by atoms with Crippen molar-refractivity contribution in [3.05, 3.63) is 17.5 Å². The van der Waals surface area contributed by atoms with E-state index in [0.29, 0.717) is 17.2 Å². The first-order chi connectivity index (χ1) is 9.10. The maximum atomic E-state index is 12.6. The summed E-state index contributed by atoms with van der Waals surface area (Å²) in [6.07, 6.45) is 4.06. The predicted molar refractivity (Wildman–Crippen MR) is 73.6 cm³/mol. The number of carbonyl (C=O) groups is 1. The van der Waals surface area contributed by atoms with Crippen molar-refractivity contribution in [3.63, 3.8) is 0 Å². The molecule has 0 N–H and O–H groups in total. The normalized spacial score (nSPS) is 29.2. The third kappa shape index (κ3) is 2.26. The Hall–Kier alpha value is -0.720. The molecule has 2 atom stereocenters. The van der Waals surface area contributed by atoms with Crippen LogP contribution < -0.4 is 0 Å². The van der Waals surface area contributed by atoms with Crippen molar-refractivity contribution in [2.75, 3.05) is 6.54 Å². The molecule has 1 aromatic heterocycles. The van der Waals surface area contributed by atoms with Gasteiger partial charge in [0.25, 0.3) is 10.0 Å². The van der Waals surface area contributed by atoms with E-state index in [-0.39, 0.29) is 17.7 Å². The molecule has 1 saturated carbocycles. The molecule has 0 bridgehead atoms. The zero-order valence-corrected chi connectivity index (χ0v) is 12.3. The maximum absolute atomic E-state index is 12.6. The number of rotatable bonds is 3. The van der Waals surface area contributed by atoms with E-state index in [1.807, 2.05) is 0 Å². The fourth-order valence-electron chi connectivity index (χ4n) is 3.24. The van der Waals surface area contributed by atoms with Gasteiger partial charge in [-0.1, -0.05) is 6.07 Å². The van der Waals surface area contributed by atoms with Crippen LogP contribution in [0.25, 0.3) is 0 Å². The van der Waals surface area contributed by atoms with Gasteiger partial charge in [0.05, 0.1) is 0 Å². The van der Waals surface area contributed by atoms with E-state index < -0.39 is 10.0 Å². The minimum atomic E-state index is -3.41. The first kappa shape index (κ1) is 13.3. The van der Waals surface area contributed by atoms with Gasteiger partial charge in [-0.2, -0.15) is 4.31 Å². The van der Waals surface area contributed by atoms with Gasteiger partial charge in [-0.15, -0.1) is 11.3 Å². The molecule has 3 rings (SSSR count). The molecular weight excluding hydrogens is 282 g/mol. The van der Waals surface area contributed by atoms with E-state index in [9.17, 15) is 13.2 Å². The topological polar surface area (TPSA) is 54.5 Å². The van der Waals surface area contributed by atoms with Crippen LogP contribution in [0.4, 0.5) is 0 Å². The molecular formula is C13H17NO3S2. The Kier molecular flexibility index (Phi) is 3.49. The standard InChI is InChI=1S/C13H17NO3S2/c15-12-6-1-4-10(12)11-5-2-8-14(11)19(16,17)13-7-3-9-18-13/h3,7,9-11H,1-2,4-6,8H2. The van der Waals surface area contributed by atoms with Gasteiger partial charge in [-0.05, 0) is 37.1 Å². The average molecular weight is 299 g/mol. The van der Waals surface area contributed by atoms with Crippen LogP contribution in [0.5, 0.6) is 0 Å². The number of Topliss-reactive ketones (excluding diaryl/α,β-unsaturated/α-hetero) is 1. The molecule has 4 nitrogen and oxygen atoms in total. The Labute approximate surface area is 117 Å². The minimum absolute atomic E-state index is 0.0720. The van der Waals surface area contributed by atoms with Gasteiger partial charge in [0, 0.05) is 24.9 Å². The Bertz CT molecular complexity index is 565. The molecule has 19 heavy (non-hydrogen) atoms. The van der Waals surface area contributed by atoms with Crippen molar-refractivity contribution in [1.82, 2.24) is 4.31 Å². The highest BCUT2D eigenvalue weighted by atomic mass is 32.2. The van der Waals surface area contributed by atoms with E-state index in [1.165, 1.54) is 11.3 Å². The van der Waals surface area contributed by atoms with E-state index in [0.717, 1.165) is 25.7 Å². The molecule has 0 aromatic carbocycles. The third-order valence-corrected chi connectivity index (χ3v) is 7.42. The van der Waals surface area contributed by atoms with Crippen LogP contribution in [0.15, 0.2) is 21.7 Å². The first-order valence-electron chi connectivity index (χ1n) is 6.69. The summed E-state index contributed by atoms with van der Waals surface area (Å²) in [5, 5.41) is 1.78. The van der Waals surface area contributed by atoms with E-state index >= 15 is 0 Å². The molecule has 2 unspecified atom stereocenters. The van der Waals surface area contributed by atoms with Gasteiger partial charge in [0.1, 0.15) is 9.99 Å². The second kappa shape index (κ2) is 5.00. The van der Waals surface area contributed by atoms with Crippen LogP contribution in [-0.2, 0) is 14.8 Å². The number of hydrogen-bond acceptors (Lipinski definition) is 4. The Morgan fingerprint density at radius 3 is 2.74 bits per heavy atom. The van der Waals surface area contributed by atoms with Crippen LogP contribution in [0.3, 0.4) is 0 Å². The quantitative estimate of drug-likeness (QED) is 0.860. The summed E-state index contributed by atoms with van der Waals surface area (Å²) in [6.45, 7) is 0.550. The predicted octanol–water partition coefficient (Wildman–Crippen LogP) is 2.27. The summed E-state index contributed by atoms with van der Waals surface area (Å²) in [5.74, 6) is 0.176. The lowest BCUT2D eigenvalue weighted by Crippen LogP contribution is -2.41. The lowest BCUT2D eigenvalue weighted by Gasteiger charge is -2.27. The van der Waals surface area contributed by atoms with E-state index in [4.69, 9.17) is 0 Å². The van der Waals surface area contributed by atoms with Gasteiger partial charge in [0.2, 0.25) is 0 Å². The largest absolute Gasteiger partial charge is 0.299 e. The van der Waals surface area contributed by atoms with Crippen molar-refractivity contribution >= 4 is 27.1 Å². The van der Waals surface area contributed by atoms with Crippen LogP contribution >= 0.6 is 11.3 Å². The smallest absolute Gasteiger partial charge is 0.252 e. The number of hydrogen-bond donors (Lipinski definition) is 0. The van der Waals surface area contributed by atoms with Crippen LogP contribution in [0, 0.1) is 5.92 Å². The average Bonchev–Trinajstić information content (AvgIpc) is 3.10. The number of thiophene rings is 1. The molecule has 1 aliphatic carbocycles. The first-order valence-corrected chi connectivity index (χ1v) is 9.01. The van der Waals surface area contributed by atoms with Crippen molar-refractivity contribution in [1.29, 1.82) is 0 Å². The molecule has 1 aromatic rings. The maximum Gasteiger partial charge on any atom is 0.252 e. The summed E-state index contributed by atoms with van der Waals surface area (Å²) in [5.41, 5.74) is 0. The van der Waals surface area contributed by atoms with Crippen molar-refractivity contribution in [2.24, 2.45) is 5.92 Å². The zero-order valence-electron chi connectivity index (χ0n) is 10.6. The second-order valence-electron chi connectivity index (χ2n) is 5.22. The third-order valence-electron chi connectivity index (χ3n) is 4.12. The van der Waals surface area contributed by atoms with Gasteiger partial charge >= 0.3 is 0 Å². The molecule has 2 fully saturated rings. The minimum Gasteiger partial charge on any atom is -0.299 e. The molecule has 1 saturated heterocycles. The lowest BCUT2D eigenvalue weighted by atomic mass is 9.96. The molecule has 0 amide bonds. The van der Waals surface area contributed by atoms with Crippen molar-refractivity contribution in [2.45, 2.75) is 42.4 Å². The number of carbonyl (C=O) groups excluding carboxylic acids is 1. The monoisotopic (exact) mass is 299 g/mol. The summed E-state index contributed by atoms with van der Waals surface area (Å²) in [7, 11) is -3.41. The van der Waals surface area contributed by atoms with E-state index in [2.05, 4.69) is 0 Å². The van der Waals surface area contributed by atoms with Gasteiger partial charge in [-0.3, -0.25) is 4.79 Å². The zero-order chi connectivity index (χ0) is 13.5. The highest BCUT2D eigenvalue weighted by Crippen LogP contribution is 2.37. The summed E-state index contributed by atoms with van der Waals surface area (Å²) >= 11 is 1.25. The van der Waals surface area contributed by atoms with E-state index in [1.54, 1.807) is 21.8 Å². The Morgan fingerprint density at radius 2 is 2.11 bits per heavy atom. The van der Waals surface area contributed by atoms with Crippen LogP contribution in [0.2, 0.25) is 0 Å². The van der Waals surface area contributed by atoms with Crippen LogP contribution in [0.1, 0.15) is 32.1 Å².